The standard InChI is InChI=1S/C22H42O4/c1-7-15-21(5,19(23)24)17(3)13-11-9-10-12-14-18(4)22(6,16-8-2)20(25)26/h17-18H,7-16H2,1-6H3,(H,23,24)(H,25,26). The summed E-state index contributed by atoms with van der Waals surface area (Å²) in [6.07, 6.45) is 9.42. The van der Waals surface area contributed by atoms with Gasteiger partial charge in [-0.1, -0.05) is 66.2 Å². The lowest BCUT2D eigenvalue weighted by Crippen LogP contribution is -2.34. The second-order valence-electron chi connectivity index (χ2n) is 8.74. The van der Waals surface area contributed by atoms with E-state index < -0.39 is 22.8 Å². The molecule has 0 amide bonds. The highest BCUT2D eigenvalue weighted by atomic mass is 16.4. The molecule has 2 N–H and O–H groups in total. The molecule has 4 atom stereocenters. The van der Waals surface area contributed by atoms with Crippen LogP contribution < -0.4 is 0 Å². The zero-order valence-electron chi connectivity index (χ0n) is 17.9. The Morgan fingerprint density at radius 2 is 1.04 bits per heavy atom. The second kappa shape index (κ2) is 11.6. The summed E-state index contributed by atoms with van der Waals surface area (Å²) in [5.41, 5.74) is -1.24. The molecular weight excluding hydrogens is 328 g/mol. The fraction of sp³-hybridized carbons (Fsp3) is 0.909. The predicted octanol–water partition coefficient (Wildman–Crippen LogP) is 6.38. The van der Waals surface area contributed by atoms with Gasteiger partial charge in [-0.15, -0.1) is 0 Å². The zero-order valence-corrected chi connectivity index (χ0v) is 17.9. The maximum absolute atomic E-state index is 11.6. The van der Waals surface area contributed by atoms with Crippen molar-refractivity contribution in [1.29, 1.82) is 0 Å². The molecular formula is C22H42O4. The fourth-order valence-electron chi connectivity index (χ4n) is 4.06. The maximum atomic E-state index is 11.6. The van der Waals surface area contributed by atoms with E-state index in [2.05, 4.69) is 13.8 Å². The molecule has 26 heavy (non-hydrogen) atoms. The number of carboxylic acid groups (broad SMARTS) is 2. The quantitative estimate of drug-likeness (QED) is 0.328. The van der Waals surface area contributed by atoms with Crippen molar-refractivity contribution in [1.82, 2.24) is 0 Å². The average molecular weight is 371 g/mol. The van der Waals surface area contributed by atoms with Gasteiger partial charge in [-0.25, -0.2) is 0 Å². The van der Waals surface area contributed by atoms with E-state index in [4.69, 9.17) is 0 Å². The highest BCUT2D eigenvalue weighted by Gasteiger charge is 2.38. The minimum Gasteiger partial charge on any atom is -0.481 e. The first-order valence-corrected chi connectivity index (χ1v) is 10.5. The SMILES string of the molecule is CCCC(C)(C(=O)O)C(C)CCCCCCC(C)C(C)(CCC)C(=O)O. The summed E-state index contributed by atoms with van der Waals surface area (Å²) in [4.78, 5) is 23.2. The molecule has 0 spiro atoms. The molecule has 0 saturated heterocycles. The van der Waals surface area contributed by atoms with Crippen molar-refractivity contribution in [2.75, 3.05) is 0 Å². The smallest absolute Gasteiger partial charge is 0.309 e. The molecule has 0 aliphatic rings. The van der Waals surface area contributed by atoms with E-state index in [1.54, 1.807) is 0 Å². The number of hydrogen-bond acceptors (Lipinski definition) is 2. The first-order chi connectivity index (χ1) is 12.1. The zero-order chi connectivity index (χ0) is 20.4. The van der Waals surface area contributed by atoms with Crippen molar-refractivity contribution < 1.29 is 19.8 Å². The number of unbranched alkanes of at least 4 members (excludes halogenated alkanes) is 3. The molecule has 0 radical (unpaired) electrons. The van der Waals surface area contributed by atoms with Crippen LogP contribution in [0.15, 0.2) is 0 Å². The first-order valence-electron chi connectivity index (χ1n) is 10.5. The van der Waals surface area contributed by atoms with Gasteiger partial charge in [-0.3, -0.25) is 9.59 Å². The van der Waals surface area contributed by atoms with Crippen molar-refractivity contribution in [3.63, 3.8) is 0 Å². The summed E-state index contributed by atoms with van der Waals surface area (Å²) in [7, 11) is 0. The van der Waals surface area contributed by atoms with E-state index in [-0.39, 0.29) is 11.8 Å². The van der Waals surface area contributed by atoms with Crippen molar-refractivity contribution in [2.24, 2.45) is 22.7 Å². The fourth-order valence-corrected chi connectivity index (χ4v) is 4.06. The van der Waals surface area contributed by atoms with Gasteiger partial charge in [-0.05, 0) is 51.4 Å². The summed E-state index contributed by atoms with van der Waals surface area (Å²) in [5, 5.41) is 19.1. The van der Waals surface area contributed by atoms with Crippen molar-refractivity contribution in [3.05, 3.63) is 0 Å². The third kappa shape index (κ3) is 6.92. The summed E-state index contributed by atoms with van der Waals surface area (Å²) >= 11 is 0. The molecule has 0 aromatic carbocycles. The van der Waals surface area contributed by atoms with Gasteiger partial charge in [0.2, 0.25) is 0 Å². The molecule has 0 aromatic rings. The van der Waals surface area contributed by atoms with E-state index in [0.717, 1.165) is 64.2 Å². The van der Waals surface area contributed by atoms with Gasteiger partial charge in [0.15, 0.2) is 0 Å². The van der Waals surface area contributed by atoms with Crippen LogP contribution in [0.3, 0.4) is 0 Å². The molecule has 0 heterocycles. The van der Waals surface area contributed by atoms with Gasteiger partial charge < -0.3 is 10.2 Å². The van der Waals surface area contributed by atoms with E-state index in [1.807, 2.05) is 27.7 Å². The lowest BCUT2D eigenvalue weighted by atomic mass is 9.72. The highest BCUT2D eigenvalue weighted by molar-refractivity contribution is 5.74. The van der Waals surface area contributed by atoms with Gasteiger partial charge in [-0.2, -0.15) is 0 Å². The van der Waals surface area contributed by atoms with Gasteiger partial charge in [0, 0.05) is 0 Å². The average Bonchev–Trinajstić information content (AvgIpc) is 2.57. The van der Waals surface area contributed by atoms with Crippen LogP contribution in [0.1, 0.15) is 106 Å². The van der Waals surface area contributed by atoms with E-state index in [0.29, 0.717) is 0 Å². The number of carbonyl (C=O) groups is 2. The van der Waals surface area contributed by atoms with Crippen LogP contribution in [0, 0.1) is 22.7 Å². The lowest BCUT2D eigenvalue weighted by Gasteiger charge is -2.32. The van der Waals surface area contributed by atoms with Crippen LogP contribution >= 0.6 is 0 Å². The third-order valence-electron chi connectivity index (χ3n) is 6.72. The van der Waals surface area contributed by atoms with Crippen molar-refractivity contribution in [2.45, 2.75) is 106 Å². The molecule has 154 valence electrons. The maximum Gasteiger partial charge on any atom is 0.309 e. The first kappa shape index (κ1) is 24.9. The normalized spacial score (nSPS) is 18.5. The molecule has 0 aromatic heterocycles. The Morgan fingerprint density at radius 3 is 1.27 bits per heavy atom. The van der Waals surface area contributed by atoms with Crippen LogP contribution in [-0.2, 0) is 9.59 Å². The Hall–Kier alpha value is -1.06. The summed E-state index contributed by atoms with van der Waals surface area (Å²) in [5.74, 6) is -0.994. The molecule has 0 aliphatic carbocycles. The van der Waals surface area contributed by atoms with Crippen LogP contribution in [0.4, 0.5) is 0 Å². The molecule has 0 fully saturated rings. The molecule has 0 aliphatic heterocycles. The van der Waals surface area contributed by atoms with Crippen LogP contribution in [0.25, 0.3) is 0 Å². The topological polar surface area (TPSA) is 74.6 Å². The number of rotatable bonds is 15. The Balaban J connectivity index is 4.24. The number of hydrogen-bond donors (Lipinski definition) is 2. The molecule has 4 unspecified atom stereocenters. The summed E-state index contributed by atoms with van der Waals surface area (Å²) in [6.45, 7) is 12.0. The Morgan fingerprint density at radius 1 is 0.731 bits per heavy atom. The van der Waals surface area contributed by atoms with E-state index in [9.17, 15) is 19.8 Å². The van der Waals surface area contributed by atoms with Crippen LogP contribution in [0.5, 0.6) is 0 Å². The highest BCUT2D eigenvalue weighted by Crippen LogP contribution is 2.37. The largest absolute Gasteiger partial charge is 0.481 e. The number of aliphatic carboxylic acids is 2. The predicted molar refractivity (Wildman–Crippen MR) is 107 cm³/mol. The summed E-state index contributed by atoms with van der Waals surface area (Å²) in [6, 6.07) is 0. The molecule has 0 saturated carbocycles. The van der Waals surface area contributed by atoms with Crippen molar-refractivity contribution in [3.8, 4) is 0 Å². The van der Waals surface area contributed by atoms with Crippen LogP contribution in [0.2, 0.25) is 0 Å². The molecule has 0 rings (SSSR count). The Bertz CT molecular complexity index is 394. The monoisotopic (exact) mass is 370 g/mol. The van der Waals surface area contributed by atoms with Gasteiger partial charge >= 0.3 is 11.9 Å². The van der Waals surface area contributed by atoms with Crippen molar-refractivity contribution >= 4 is 11.9 Å². The van der Waals surface area contributed by atoms with E-state index >= 15 is 0 Å². The Kier molecular flexibility index (Phi) is 11.1. The third-order valence-corrected chi connectivity index (χ3v) is 6.72. The lowest BCUT2D eigenvalue weighted by molar-refractivity contribution is -0.152. The van der Waals surface area contributed by atoms with Gasteiger partial charge in [0.1, 0.15) is 0 Å². The van der Waals surface area contributed by atoms with Gasteiger partial charge in [0.05, 0.1) is 10.8 Å². The second-order valence-corrected chi connectivity index (χ2v) is 8.74. The molecule has 4 heteroatoms. The summed E-state index contributed by atoms with van der Waals surface area (Å²) < 4.78 is 0. The van der Waals surface area contributed by atoms with Crippen LogP contribution in [-0.4, -0.2) is 22.2 Å². The molecule has 4 nitrogen and oxygen atoms in total. The molecule has 0 bridgehead atoms. The number of carboxylic acids is 2. The minimum absolute atomic E-state index is 0.179. The Labute approximate surface area is 160 Å². The van der Waals surface area contributed by atoms with E-state index in [1.165, 1.54) is 0 Å². The van der Waals surface area contributed by atoms with Gasteiger partial charge in [0.25, 0.3) is 0 Å². The minimum atomic E-state index is -0.676.